The van der Waals surface area contributed by atoms with Crippen LogP contribution in [0.25, 0.3) is 0 Å². The van der Waals surface area contributed by atoms with E-state index in [1.54, 1.807) is 0 Å². The van der Waals surface area contributed by atoms with Gasteiger partial charge in [-0.25, -0.2) is 0 Å². The number of hydrogen-bond acceptors (Lipinski definition) is 2. The summed E-state index contributed by atoms with van der Waals surface area (Å²) in [5.74, 6) is 0.663. The van der Waals surface area contributed by atoms with Crippen LogP contribution < -0.4 is 0 Å². The summed E-state index contributed by atoms with van der Waals surface area (Å²) < 4.78 is 0. The average Bonchev–Trinajstić information content (AvgIpc) is 2.00. The molecule has 0 heterocycles. The van der Waals surface area contributed by atoms with E-state index >= 15 is 0 Å². The summed E-state index contributed by atoms with van der Waals surface area (Å²) >= 11 is 3.60. The van der Waals surface area contributed by atoms with Crippen LogP contribution in [0.2, 0.25) is 0 Å². The van der Waals surface area contributed by atoms with Crippen LogP contribution >= 0.6 is 6.72 Å². The lowest BCUT2D eigenvalue weighted by molar-refractivity contribution is 0.259. The highest BCUT2D eigenvalue weighted by Gasteiger charge is 1.98. The second-order valence-electron chi connectivity index (χ2n) is 3.99. The van der Waals surface area contributed by atoms with Crippen molar-refractivity contribution in [2.24, 2.45) is 5.92 Å². The molecule has 0 fully saturated rings. The van der Waals surface area contributed by atoms with Gasteiger partial charge in [0.25, 0.3) is 0 Å². The van der Waals surface area contributed by atoms with E-state index in [0.717, 1.165) is 12.8 Å². The fraction of sp³-hybridized carbons (Fsp3) is 0.800. The maximum Gasteiger partial charge on any atom is 0.319 e. The zero-order valence-electron chi connectivity index (χ0n) is 10.1. The molecule has 0 spiro atoms. The molecule has 1 atom stereocenters. The quantitative estimate of drug-likeness (QED) is 0.453. The molecule has 0 saturated carbocycles. The van der Waals surface area contributed by atoms with Gasteiger partial charge < -0.3 is 19.8 Å². The molecule has 4 N–H and O–H groups in total. The van der Waals surface area contributed by atoms with Gasteiger partial charge in [-0.1, -0.05) is 18.6 Å². The van der Waals surface area contributed by atoms with Crippen LogP contribution in [0.4, 0.5) is 0 Å². The van der Waals surface area contributed by atoms with Gasteiger partial charge in [0.1, 0.15) is 0 Å². The van der Waals surface area contributed by atoms with E-state index < -0.39 is 6.72 Å². The molecule has 98 valence electrons. The lowest BCUT2D eigenvalue weighted by Gasteiger charge is -2.06. The van der Waals surface area contributed by atoms with E-state index in [1.807, 2.05) is 0 Å². The third-order valence-electron chi connectivity index (χ3n) is 1.83. The summed E-state index contributed by atoms with van der Waals surface area (Å²) in [6, 6.07) is 0. The Balaban J connectivity index is 0. The molecular weight excluding hydrogens is 247 g/mol. The van der Waals surface area contributed by atoms with Crippen LogP contribution in [0, 0.1) is 5.92 Å². The Morgan fingerprint density at radius 2 is 1.69 bits per heavy atom. The molecule has 0 aliphatic rings. The Kier molecular flexibility index (Phi) is 12.1. The van der Waals surface area contributed by atoms with Gasteiger partial charge in [0, 0.05) is 6.61 Å². The minimum atomic E-state index is -3.81. The fourth-order valence-electron chi connectivity index (χ4n) is 1.02. The highest BCUT2D eigenvalue weighted by atomic mass is 32.5. The Labute approximate surface area is 103 Å². The lowest BCUT2D eigenvalue weighted by Crippen LogP contribution is -1.96. The monoisotopic (exact) mass is 270 g/mol. The van der Waals surface area contributed by atoms with Crippen molar-refractivity contribution < 1.29 is 19.8 Å². The van der Waals surface area contributed by atoms with Crippen molar-refractivity contribution in [3.63, 3.8) is 0 Å². The minimum Gasteiger partial charge on any atom is -0.396 e. The molecule has 1 unspecified atom stereocenters. The molecule has 0 saturated heterocycles. The van der Waals surface area contributed by atoms with E-state index in [9.17, 15) is 0 Å². The van der Waals surface area contributed by atoms with Gasteiger partial charge >= 0.3 is 6.72 Å². The Bertz CT molecular complexity index is 225. The van der Waals surface area contributed by atoms with Crippen LogP contribution in [-0.2, 0) is 11.8 Å². The zero-order chi connectivity index (χ0) is 13.2. The molecule has 4 nitrogen and oxygen atoms in total. The maximum absolute atomic E-state index is 8.63. The standard InChI is InChI=1S/C10H20O.H3O3PS/c1-9(2)5-4-6-10(3)7-8-11;1-4(2,3)5/h5,10-11H,4,6-8H2,1-3H3;(H3,1,2,3,5). The summed E-state index contributed by atoms with van der Waals surface area (Å²) in [4.78, 5) is 22.7. The average molecular weight is 270 g/mol. The number of aliphatic hydroxyl groups excluding tert-OH is 1. The summed E-state index contributed by atoms with van der Waals surface area (Å²) in [7, 11) is 0. The first-order valence-electron chi connectivity index (χ1n) is 5.19. The van der Waals surface area contributed by atoms with E-state index in [1.165, 1.54) is 12.0 Å². The van der Waals surface area contributed by atoms with Gasteiger partial charge in [0.15, 0.2) is 0 Å². The van der Waals surface area contributed by atoms with Crippen LogP contribution in [0.3, 0.4) is 0 Å². The van der Waals surface area contributed by atoms with Crippen LogP contribution in [0.5, 0.6) is 0 Å². The second-order valence-corrected chi connectivity index (χ2v) is 6.49. The van der Waals surface area contributed by atoms with Crippen molar-refractivity contribution in [2.45, 2.75) is 40.0 Å². The maximum atomic E-state index is 8.63. The van der Waals surface area contributed by atoms with E-state index in [2.05, 4.69) is 38.7 Å². The summed E-state index contributed by atoms with van der Waals surface area (Å²) in [5, 5.41) is 8.63. The first kappa shape index (κ1) is 18.6. The Hall–Kier alpha value is 0.230. The van der Waals surface area contributed by atoms with Crippen molar-refractivity contribution >= 4 is 18.5 Å². The van der Waals surface area contributed by atoms with Gasteiger partial charge in [0.2, 0.25) is 0 Å². The van der Waals surface area contributed by atoms with Crippen molar-refractivity contribution in [1.82, 2.24) is 0 Å². The summed E-state index contributed by atoms with van der Waals surface area (Å²) in [6.07, 6.45) is 5.56. The first-order chi connectivity index (χ1) is 7.16. The molecule has 0 rings (SSSR count). The Morgan fingerprint density at radius 3 is 2.00 bits per heavy atom. The minimum absolute atomic E-state index is 0.329. The van der Waals surface area contributed by atoms with Crippen LogP contribution in [-0.4, -0.2) is 26.4 Å². The smallest absolute Gasteiger partial charge is 0.319 e. The number of rotatable bonds is 5. The third kappa shape index (κ3) is 29.2. The molecule has 0 aromatic heterocycles. The fourth-order valence-corrected chi connectivity index (χ4v) is 1.02. The van der Waals surface area contributed by atoms with Crippen LogP contribution in [0.15, 0.2) is 11.6 Å². The van der Waals surface area contributed by atoms with Crippen molar-refractivity contribution in [1.29, 1.82) is 0 Å². The van der Waals surface area contributed by atoms with E-state index in [0.29, 0.717) is 12.5 Å². The predicted octanol–water partition coefficient (Wildman–Crippen LogP) is 1.94. The predicted molar refractivity (Wildman–Crippen MR) is 70.5 cm³/mol. The largest absolute Gasteiger partial charge is 0.396 e. The molecule has 0 radical (unpaired) electrons. The molecule has 0 aromatic carbocycles. The molecule has 16 heavy (non-hydrogen) atoms. The highest BCUT2D eigenvalue weighted by Crippen LogP contribution is 2.26. The number of hydrogen-bond donors (Lipinski definition) is 4. The van der Waals surface area contributed by atoms with Gasteiger partial charge in [-0.2, -0.15) is 0 Å². The lowest BCUT2D eigenvalue weighted by atomic mass is 10.0. The topological polar surface area (TPSA) is 80.9 Å². The number of allylic oxidation sites excluding steroid dienone is 2. The van der Waals surface area contributed by atoms with Gasteiger partial charge in [-0.15, -0.1) is 0 Å². The third-order valence-corrected chi connectivity index (χ3v) is 1.83. The highest BCUT2D eigenvalue weighted by molar-refractivity contribution is 8.06. The van der Waals surface area contributed by atoms with Crippen molar-refractivity contribution in [2.75, 3.05) is 6.61 Å². The zero-order valence-corrected chi connectivity index (χ0v) is 11.8. The van der Waals surface area contributed by atoms with Gasteiger partial charge in [-0.3, -0.25) is 0 Å². The van der Waals surface area contributed by atoms with Gasteiger partial charge in [0.05, 0.1) is 0 Å². The van der Waals surface area contributed by atoms with Crippen molar-refractivity contribution in [3.8, 4) is 0 Å². The van der Waals surface area contributed by atoms with E-state index in [4.69, 9.17) is 19.8 Å². The normalized spacial score (nSPS) is 12.4. The molecule has 6 heteroatoms. The second kappa shape index (κ2) is 10.4. The van der Waals surface area contributed by atoms with Crippen molar-refractivity contribution in [3.05, 3.63) is 11.6 Å². The van der Waals surface area contributed by atoms with E-state index in [-0.39, 0.29) is 0 Å². The van der Waals surface area contributed by atoms with Crippen LogP contribution in [0.1, 0.15) is 40.0 Å². The molecule has 0 aliphatic heterocycles. The molecular formula is C10H23O4PS. The SMILES string of the molecule is CC(C)=CCCC(C)CCO.OP(O)(O)=S. The van der Waals surface area contributed by atoms with Gasteiger partial charge in [-0.05, 0) is 50.8 Å². The summed E-state index contributed by atoms with van der Waals surface area (Å²) in [5.41, 5.74) is 1.39. The molecule has 0 amide bonds. The molecule has 0 bridgehead atoms. The summed E-state index contributed by atoms with van der Waals surface area (Å²) in [6.45, 7) is 2.96. The Morgan fingerprint density at radius 1 is 1.25 bits per heavy atom. The molecule has 0 aromatic rings. The molecule has 0 aliphatic carbocycles. The number of aliphatic hydroxyl groups is 1. The first-order valence-corrected chi connectivity index (χ1v) is 7.85.